The fourth-order valence-electron chi connectivity index (χ4n) is 2.37. The standard InChI is InChI=1S/C18H17F3N2O5/c1-27-8-9-28-16-7-6-13(18(19,20)21)11-14(16)22-17(24)10-12-4-2-3-5-15(12)23(25)26/h2-7,11H,8-10H2,1H3,(H,22,24). The van der Waals surface area contributed by atoms with E-state index in [0.29, 0.717) is 0 Å². The first kappa shape index (κ1) is 21.2. The Morgan fingerprint density at radius 3 is 2.54 bits per heavy atom. The summed E-state index contributed by atoms with van der Waals surface area (Å²) >= 11 is 0. The number of halogens is 3. The van der Waals surface area contributed by atoms with Gasteiger partial charge in [0.25, 0.3) is 5.69 Å². The van der Waals surface area contributed by atoms with Gasteiger partial charge < -0.3 is 14.8 Å². The largest absolute Gasteiger partial charge is 0.489 e. The first-order chi connectivity index (χ1) is 13.2. The molecule has 1 N–H and O–H groups in total. The lowest BCUT2D eigenvalue weighted by atomic mass is 10.1. The van der Waals surface area contributed by atoms with Crippen LogP contribution in [0.2, 0.25) is 0 Å². The van der Waals surface area contributed by atoms with Crippen LogP contribution in [0, 0.1) is 10.1 Å². The highest BCUT2D eigenvalue weighted by Crippen LogP contribution is 2.35. The molecule has 2 aromatic rings. The van der Waals surface area contributed by atoms with Crippen molar-refractivity contribution in [2.45, 2.75) is 12.6 Å². The van der Waals surface area contributed by atoms with Crippen LogP contribution < -0.4 is 10.1 Å². The molecule has 0 aliphatic rings. The van der Waals surface area contributed by atoms with Gasteiger partial charge >= 0.3 is 6.18 Å². The molecular formula is C18H17F3N2O5. The van der Waals surface area contributed by atoms with Crippen molar-refractivity contribution in [2.24, 2.45) is 0 Å². The van der Waals surface area contributed by atoms with E-state index in [9.17, 15) is 28.1 Å². The summed E-state index contributed by atoms with van der Waals surface area (Å²) in [5, 5.41) is 13.4. The molecule has 0 aromatic heterocycles. The Balaban J connectivity index is 2.24. The lowest BCUT2D eigenvalue weighted by Crippen LogP contribution is -2.17. The number of nitro groups is 1. The number of alkyl halides is 3. The number of rotatable bonds is 8. The van der Waals surface area contributed by atoms with Crippen molar-refractivity contribution >= 4 is 17.3 Å². The van der Waals surface area contributed by atoms with E-state index in [0.717, 1.165) is 18.2 Å². The van der Waals surface area contributed by atoms with E-state index < -0.39 is 22.6 Å². The van der Waals surface area contributed by atoms with Gasteiger partial charge in [-0.05, 0) is 18.2 Å². The normalized spacial score (nSPS) is 11.1. The van der Waals surface area contributed by atoms with Gasteiger partial charge in [0.15, 0.2) is 0 Å². The number of ether oxygens (including phenoxy) is 2. The number of hydrogen-bond donors (Lipinski definition) is 1. The molecule has 0 saturated carbocycles. The molecule has 10 heteroatoms. The van der Waals surface area contributed by atoms with Gasteiger partial charge in [-0.1, -0.05) is 18.2 Å². The molecule has 0 saturated heterocycles. The van der Waals surface area contributed by atoms with Crippen molar-refractivity contribution in [1.82, 2.24) is 0 Å². The molecule has 0 heterocycles. The molecule has 28 heavy (non-hydrogen) atoms. The summed E-state index contributed by atoms with van der Waals surface area (Å²) in [7, 11) is 1.44. The summed E-state index contributed by atoms with van der Waals surface area (Å²) in [6.07, 6.45) is -4.99. The highest BCUT2D eigenvalue weighted by Gasteiger charge is 2.31. The minimum Gasteiger partial charge on any atom is -0.489 e. The molecule has 0 unspecified atom stereocenters. The van der Waals surface area contributed by atoms with Crippen LogP contribution in [0.3, 0.4) is 0 Å². The summed E-state index contributed by atoms with van der Waals surface area (Å²) in [5.41, 5.74) is -1.26. The zero-order valence-electron chi connectivity index (χ0n) is 14.8. The summed E-state index contributed by atoms with van der Waals surface area (Å²) in [5.74, 6) is -0.689. The van der Waals surface area contributed by atoms with E-state index in [1.165, 1.54) is 31.4 Å². The van der Waals surface area contributed by atoms with Gasteiger partial charge in [-0.2, -0.15) is 13.2 Å². The van der Waals surface area contributed by atoms with Gasteiger partial charge in [0, 0.05) is 18.7 Å². The maximum atomic E-state index is 13.0. The van der Waals surface area contributed by atoms with Gasteiger partial charge in [-0.3, -0.25) is 14.9 Å². The highest BCUT2D eigenvalue weighted by molar-refractivity contribution is 5.94. The Morgan fingerprint density at radius 2 is 1.89 bits per heavy atom. The van der Waals surface area contributed by atoms with Crippen LogP contribution in [0.15, 0.2) is 42.5 Å². The monoisotopic (exact) mass is 398 g/mol. The van der Waals surface area contributed by atoms with Crippen molar-refractivity contribution in [3.8, 4) is 5.75 Å². The van der Waals surface area contributed by atoms with Crippen molar-refractivity contribution in [1.29, 1.82) is 0 Å². The van der Waals surface area contributed by atoms with Crippen LogP contribution in [0.25, 0.3) is 0 Å². The van der Waals surface area contributed by atoms with Gasteiger partial charge in [0.1, 0.15) is 12.4 Å². The Bertz CT molecular complexity index is 855. The fraction of sp³-hybridized carbons (Fsp3) is 0.278. The van der Waals surface area contributed by atoms with Gasteiger partial charge in [-0.25, -0.2) is 0 Å². The second kappa shape index (κ2) is 9.18. The molecule has 7 nitrogen and oxygen atoms in total. The number of amides is 1. The van der Waals surface area contributed by atoms with Crippen molar-refractivity contribution in [2.75, 3.05) is 25.6 Å². The number of methoxy groups -OCH3 is 1. The van der Waals surface area contributed by atoms with Crippen LogP contribution in [0.4, 0.5) is 24.5 Å². The summed E-state index contributed by atoms with van der Waals surface area (Å²) in [6.45, 7) is 0.263. The van der Waals surface area contributed by atoms with E-state index >= 15 is 0 Å². The molecule has 0 fully saturated rings. The second-order valence-corrected chi connectivity index (χ2v) is 5.66. The molecule has 0 spiro atoms. The smallest absolute Gasteiger partial charge is 0.416 e. The second-order valence-electron chi connectivity index (χ2n) is 5.66. The zero-order chi connectivity index (χ0) is 20.7. The number of carbonyl (C=O) groups excluding carboxylic acids is 1. The molecule has 0 aliphatic carbocycles. The van der Waals surface area contributed by atoms with E-state index in [4.69, 9.17) is 9.47 Å². The van der Waals surface area contributed by atoms with Gasteiger partial charge in [-0.15, -0.1) is 0 Å². The van der Waals surface area contributed by atoms with E-state index in [2.05, 4.69) is 5.32 Å². The van der Waals surface area contributed by atoms with Crippen molar-refractivity contribution in [3.63, 3.8) is 0 Å². The Labute approximate surface area is 158 Å². The Hall–Kier alpha value is -3.14. The number of anilines is 1. The van der Waals surface area contributed by atoms with Gasteiger partial charge in [0.2, 0.25) is 5.91 Å². The molecule has 0 aliphatic heterocycles. The summed E-state index contributed by atoms with van der Waals surface area (Å²) in [4.78, 5) is 22.7. The van der Waals surface area contributed by atoms with E-state index in [1.807, 2.05) is 0 Å². The Kier molecular flexibility index (Phi) is 6.94. The quantitative estimate of drug-likeness (QED) is 0.415. The lowest BCUT2D eigenvalue weighted by Gasteiger charge is -2.15. The first-order valence-electron chi connectivity index (χ1n) is 8.07. The number of nitro benzene ring substituents is 1. The summed E-state index contributed by atoms with van der Waals surface area (Å²) < 4.78 is 49.1. The average molecular weight is 398 g/mol. The first-order valence-corrected chi connectivity index (χ1v) is 8.07. The highest BCUT2D eigenvalue weighted by atomic mass is 19.4. The minimum atomic E-state index is -4.61. The van der Waals surface area contributed by atoms with Crippen LogP contribution in [-0.4, -0.2) is 31.2 Å². The van der Waals surface area contributed by atoms with Crippen LogP contribution in [0.5, 0.6) is 5.75 Å². The molecule has 0 radical (unpaired) electrons. The average Bonchev–Trinajstić information content (AvgIpc) is 2.62. The van der Waals surface area contributed by atoms with Crippen molar-refractivity contribution in [3.05, 3.63) is 63.7 Å². The number of benzene rings is 2. The molecule has 1 amide bonds. The van der Waals surface area contributed by atoms with Gasteiger partial charge in [0.05, 0.1) is 29.2 Å². The maximum Gasteiger partial charge on any atom is 0.416 e. The number of para-hydroxylation sites is 1. The maximum absolute atomic E-state index is 13.0. The third-order valence-electron chi connectivity index (χ3n) is 3.67. The molecule has 2 aromatic carbocycles. The molecule has 150 valence electrons. The molecular weight excluding hydrogens is 381 g/mol. The predicted molar refractivity (Wildman–Crippen MR) is 94.2 cm³/mol. The van der Waals surface area contributed by atoms with E-state index in [1.54, 1.807) is 0 Å². The number of hydrogen-bond acceptors (Lipinski definition) is 5. The van der Waals surface area contributed by atoms with Crippen LogP contribution >= 0.6 is 0 Å². The van der Waals surface area contributed by atoms with Crippen LogP contribution in [0.1, 0.15) is 11.1 Å². The predicted octanol–water partition coefficient (Wildman–Crippen LogP) is 3.82. The van der Waals surface area contributed by atoms with E-state index in [-0.39, 0.29) is 42.3 Å². The lowest BCUT2D eigenvalue weighted by molar-refractivity contribution is -0.385. The molecule has 2 rings (SSSR count). The number of nitrogens with one attached hydrogen (secondary N) is 1. The number of nitrogens with zero attached hydrogens (tertiary/aromatic N) is 1. The van der Waals surface area contributed by atoms with Crippen molar-refractivity contribution < 1.29 is 32.4 Å². The third kappa shape index (κ3) is 5.68. The molecule has 0 bridgehead atoms. The fourth-order valence-corrected chi connectivity index (χ4v) is 2.37. The SMILES string of the molecule is COCCOc1ccc(C(F)(F)F)cc1NC(=O)Cc1ccccc1[N+](=O)[O-]. The summed E-state index contributed by atoms with van der Waals surface area (Å²) in [6, 6.07) is 8.30. The third-order valence-corrected chi connectivity index (χ3v) is 3.67. The number of carbonyl (C=O) groups is 1. The minimum absolute atomic E-state index is 0.0287. The topological polar surface area (TPSA) is 90.7 Å². The zero-order valence-corrected chi connectivity index (χ0v) is 14.8. The molecule has 0 atom stereocenters. The Morgan fingerprint density at radius 1 is 1.18 bits per heavy atom. The van der Waals surface area contributed by atoms with Crippen LogP contribution in [-0.2, 0) is 22.1 Å².